The third-order valence-electron chi connectivity index (χ3n) is 3.88. The van der Waals surface area contributed by atoms with Crippen LogP contribution in [0.4, 0.5) is 4.79 Å². The van der Waals surface area contributed by atoms with Crippen LogP contribution in [0.15, 0.2) is 48.5 Å². The Bertz CT molecular complexity index is 871. The molecule has 6 nitrogen and oxygen atoms in total. The Kier molecular flexibility index (Phi) is 4.14. The number of fused-ring (bicyclic) bond motifs is 1. The molecule has 0 saturated heterocycles. The van der Waals surface area contributed by atoms with Gasteiger partial charge in [0.2, 0.25) is 5.88 Å². The molecule has 0 amide bonds. The molecule has 3 rings (SSSR count). The molecule has 1 unspecified atom stereocenters. The minimum Gasteiger partial charge on any atom is -0.508 e. The fraction of sp³-hybridized carbons (Fsp3) is 0.167. The molecule has 0 aliphatic carbocycles. The third kappa shape index (κ3) is 2.91. The van der Waals surface area contributed by atoms with E-state index >= 15 is 0 Å². The molecule has 0 bridgehead atoms. The van der Waals surface area contributed by atoms with Crippen molar-refractivity contribution in [3.8, 4) is 11.6 Å². The number of hydrogen-bond acceptors (Lipinski definition) is 4. The Morgan fingerprint density at radius 1 is 1.17 bits per heavy atom. The van der Waals surface area contributed by atoms with Gasteiger partial charge in [0.25, 0.3) is 0 Å². The zero-order valence-corrected chi connectivity index (χ0v) is 13.4. The van der Waals surface area contributed by atoms with Gasteiger partial charge in [-0.05, 0) is 37.9 Å². The van der Waals surface area contributed by atoms with Gasteiger partial charge < -0.3 is 19.9 Å². The summed E-state index contributed by atoms with van der Waals surface area (Å²) in [7, 11) is 3.81. The van der Waals surface area contributed by atoms with Gasteiger partial charge in [-0.3, -0.25) is 4.90 Å². The lowest BCUT2D eigenvalue weighted by atomic mass is 9.96. The number of carboxylic acid groups (broad SMARTS) is 1. The van der Waals surface area contributed by atoms with Crippen LogP contribution in [0.3, 0.4) is 0 Å². The van der Waals surface area contributed by atoms with Crippen LogP contribution in [0.5, 0.6) is 11.6 Å². The monoisotopic (exact) mass is 326 g/mol. The molecule has 0 spiro atoms. The number of nitrogens with one attached hydrogen (secondary N) is 1. The largest absolute Gasteiger partial charge is 0.512 e. The zero-order valence-electron chi connectivity index (χ0n) is 13.4. The summed E-state index contributed by atoms with van der Waals surface area (Å²) in [5.41, 5.74) is 2.35. The lowest BCUT2D eigenvalue weighted by Crippen LogP contribution is -2.22. The Morgan fingerprint density at radius 2 is 1.88 bits per heavy atom. The molecule has 0 radical (unpaired) electrons. The van der Waals surface area contributed by atoms with Gasteiger partial charge in [-0.15, -0.1) is 0 Å². The van der Waals surface area contributed by atoms with Crippen molar-refractivity contribution in [2.75, 3.05) is 14.1 Å². The predicted molar refractivity (Wildman–Crippen MR) is 90.6 cm³/mol. The molecule has 0 aliphatic rings. The van der Waals surface area contributed by atoms with Crippen LogP contribution in [0, 0.1) is 0 Å². The number of aromatic nitrogens is 1. The van der Waals surface area contributed by atoms with Gasteiger partial charge in [0.15, 0.2) is 0 Å². The van der Waals surface area contributed by atoms with E-state index in [0.717, 1.165) is 5.56 Å². The van der Waals surface area contributed by atoms with Crippen molar-refractivity contribution in [3.63, 3.8) is 0 Å². The molecule has 1 aromatic heterocycles. The van der Waals surface area contributed by atoms with Crippen molar-refractivity contribution in [3.05, 3.63) is 59.7 Å². The topological polar surface area (TPSA) is 85.8 Å². The molecule has 124 valence electrons. The van der Waals surface area contributed by atoms with Crippen LogP contribution in [-0.4, -0.2) is 40.3 Å². The van der Waals surface area contributed by atoms with Crippen LogP contribution >= 0.6 is 0 Å². The van der Waals surface area contributed by atoms with Crippen molar-refractivity contribution in [1.29, 1.82) is 0 Å². The molecule has 3 N–H and O–H groups in total. The third-order valence-corrected chi connectivity index (χ3v) is 3.88. The average molecular weight is 326 g/mol. The number of benzene rings is 2. The summed E-state index contributed by atoms with van der Waals surface area (Å²) >= 11 is 0. The van der Waals surface area contributed by atoms with Gasteiger partial charge in [0.1, 0.15) is 5.75 Å². The van der Waals surface area contributed by atoms with Crippen molar-refractivity contribution < 1.29 is 19.7 Å². The molecule has 2 aromatic carbocycles. The molecule has 6 heteroatoms. The quantitative estimate of drug-likeness (QED) is 0.638. The molecule has 0 aliphatic heterocycles. The van der Waals surface area contributed by atoms with Gasteiger partial charge in [-0.2, -0.15) is 0 Å². The first-order valence-electron chi connectivity index (χ1n) is 7.44. The second-order valence-electron chi connectivity index (χ2n) is 5.74. The van der Waals surface area contributed by atoms with Crippen LogP contribution in [0.2, 0.25) is 0 Å². The first kappa shape index (κ1) is 15.9. The first-order chi connectivity index (χ1) is 11.5. The Morgan fingerprint density at radius 3 is 2.50 bits per heavy atom. The minimum absolute atomic E-state index is 0.107. The minimum atomic E-state index is -1.39. The van der Waals surface area contributed by atoms with Gasteiger partial charge in [-0.1, -0.05) is 30.3 Å². The highest BCUT2D eigenvalue weighted by Crippen LogP contribution is 2.40. The van der Waals surface area contributed by atoms with Crippen LogP contribution in [-0.2, 0) is 0 Å². The summed E-state index contributed by atoms with van der Waals surface area (Å²) < 4.78 is 4.98. The highest BCUT2D eigenvalue weighted by Gasteiger charge is 2.26. The van der Waals surface area contributed by atoms with Gasteiger partial charge >= 0.3 is 6.16 Å². The summed E-state index contributed by atoms with van der Waals surface area (Å²) in [6.07, 6.45) is -1.39. The van der Waals surface area contributed by atoms with Gasteiger partial charge in [0.05, 0.1) is 6.04 Å². The number of phenols is 1. The smallest absolute Gasteiger partial charge is 0.508 e. The van der Waals surface area contributed by atoms with Crippen molar-refractivity contribution in [1.82, 2.24) is 9.88 Å². The second kappa shape index (κ2) is 6.25. The zero-order chi connectivity index (χ0) is 17.3. The Labute approximate surface area is 138 Å². The number of aromatic hydroxyl groups is 1. The number of hydrogen-bond donors (Lipinski definition) is 3. The van der Waals surface area contributed by atoms with Crippen LogP contribution < -0.4 is 4.74 Å². The molecular weight excluding hydrogens is 308 g/mol. The summed E-state index contributed by atoms with van der Waals surface area (Å²) in [6.45, 7) is 0. The number of rotatable bonds is 4. The number of phenolic OH excluding ortho intramolecular Hbond substituents is 1. The molecule has 0 saturated carbocycles. The summed E-state index contributed by atoms with van der Waals surface area (Å²) in [5, 5.41) is 19.6. The van der Waals surface area contributed by atoms with Crippen molar-refractivity contribution in [2.45, 2.75) is 6.04 Å². The van der Waals surface area contributed by atoms with E-state index in [-0.39, 0.29) is 17.7 Å². The van der Waals surface area contributed by atoms with E-state index in [4.69, 9.17) is 9.84 Å². The predicted octanol–water partition coefficient (Wildman–Crippen LogP) is 3.58. The first-order valence-corrected chi connectivity index (χ1v) is 7.44. The molecule has 3 aromatic rings. The maximum atomic E-state index is 11.1. The molecule has 0 fully saturated rings. The number of carbonyl (C=O) groups is 1. The lowest BCUT2D eigenvalue weighted by Gasteiger charge is -2.25. The maximum Gasteiger partial charge on any atom is 0.512 e. The molecule has 1 heterocycles. The average Bonchev–Trinajstić information content (AvgIpc) is 2.85. The van der Waals surface area contributed by atoms with E-state index in [2.05, 4.69) is 4.98 Å². The van der Waals surface area contributed by atoms with E-state index < -0.39 is 6.16 Å². The van der Waals surface area contributed by atoms with E-state index in [9.17, 15) is 9.90 Å². The highest BCUT2D eigenvalue weighted by molar-refractivity contribution is 5.89. The SMILES string of the molecule is CN(C)C(c1ccccc1)c1c(OC(=O)O)[nH]c2ccc(O)cc12. The molecule has 24 heavy (non-hydrogen) atoms. The summed E-state index contributed by atoms with van der Waals surface area (Å²) in [5.74, 6) is 0.265. The summed E-state index contributed by atoms with van der Waals surface area (Å²) in [4.78, 5) is 16.0. The van der Waals surface area contributed by atoms with Crippen LogP contribution in [0.1, 0.15) is 17.2 Å². The van der Waals surface area contributed by atoms with E-state index in [0.29, 0.717) is 16.5 Å². The van der Waals surface area contributed by atoms with E-state index in [1.165, 1.54) is 0 Å². The summed E-state index contributed by atoms with van der Waals surface area (Å²) in [6, 6.07) is 14.3. The number of H-pyrrole nitrogens is 1. The molecular formula is C18H18N2O4. The van der Waals surface area contributed by atoms with Crippen LogP contribution in [0.25, 0.3) is 10.9 Å². The lowest BCUT2D eigenvalue weighted by molar-refractivity contribution is 0.141. The van der Waals surface area contributed by atoms with E-state index in [1.807, 2.05) is 49.3 Å². The maximum absolute atomic E-state index is 11.1. The van der Waals surface area contributed by atoms with Gasteiger partial charge in [-0.25, -0.2) is 4.79 Å². The van der Waals surface area contributed by atoms with Gasteiger partial charge in [0, 0.05) is 16.5 Å². The van der Waals surface area contributed by atoms with Crippen molar-refractivity contribution >= 4 is 17.1 Å². The van der Waals surface area contributed by atoms with E-state index in [1.54, 1.807) is 18.2 Å². The molecule has 1 atom stereocenters. The Hall–Kier alpha value is -2.99. The fourth-order valence-electron chi connectivity index (χ4n) is 2.97. The number of aromatic amines is 1. The number of nitrogens with zero attached hydrogens (tertiary/aromatic N) is 1. The highest BCUT2D eigenvalue weighted by atomic mass is 16.7. The standard InChI is InChI=1S/C18H18N2O4/c1-20(2)16(11-6-4-3-5-7-11)15-13-10-12(21)8-9-14(13)19-17(15)24-18(22)23/h3-10,16,19,21H,1-2H3,(H,22,23). The number of ether oxygens (including phenoxy) is 1. The Balaban J connectivity index is 2.27. The normalized spacial score (nSPS) is 12.5. The second-order valence-corrected chi connectivity index (χ2v) is 5.74. The van der Waals surface area contributed by atoms with Crippen molar-refractivity contribution in [2.24, 2.45) is 0 Å². The fourth-order valence-corrected chi connectivity index (χ4v) is 2.97.